The van der Waals surface area contributed by atoms with Gasteiger partial charge >= 0.3 is 5.88 Å². The topological polar surface area (TPSA) is 82.1 Å². The first-order valence-electron chi connectivity index (χ1n) is 3.76. The van der Waals surface area contributed by atoms with E-state index in [0.29, 0.717) is 11.1 Å². The van der Waals surface area contributed by atoms with Crippen LogP contribution in [0.1, 0.15) is 0 Å². The van der Waals surface area contributed by atoms with Crippen LogP contribution in [0.4, 0.5) is 5.88 Å². The molecule has 0 spiro atoms. The van der Waals surface area contributed by atoms with E-state index in [1.807, 2.05) is 0 Å². The molecule has 6 heteroatoms. The monoisotopic (exact) mass is 191 g/mol. The van der Waals surface area contributed by atoms with Crippen LogP contribution in [0.25, 0.3) is 11.1 Å². The van der Waals surface area contributed by atoms with Crippen LogP contribution in [-0.2, 0) is 0 Å². The smallest absolute Gasteiger partial charge is 0.409 e. The molecule has 0 saturated heterocycles. The second-order valence-electron chi connectivity index (χ2n) is 2.52. The minimum Gasteiger partial charge on any atom is -0.409 e. The molecule has 0 aromatic carbocycles. The third-order valence-electron chi connectivity index (χ3n) is 1.68. The van der Waals surface area contributed by atoms with Crippen molar-refractivity contribution < 1.29 is 9.34 Å². The lowest BCUT2D eigenvalue weighted by molar-refractivity contribution is -0.401. The first-order chi connectivity index (χ1) is 6.79. The molecular formula is C8H5N3O3. The van der Waals surface area contributed by atoms with Crippen LogP contribution in [0.2, 0.25) is 0 Å². The molecule has 2 rings (SSSR count). The Bertz CT molecular complexity index is 452. The maximum Gasteiger partial charge on any atom is 0.440 e. The SMILES string of the molecule is O=[N+]([O-])c1occc1-c1cncnc1. The van der Waals surface area contributed by atoms with Gasteiger partial charge in [-0.15, -0.1) is 0 Å². The van der Waals surface area contributed by atoms with Crippen molar-refractivity contribution in [3.63, 3.8) is 0 Å². The molecule has 0 fully saturated rings. The van der Waals surface area contributed by atoms with E-state index in [1.54, 1.807) is 0 Å². The summed E-state index contributed by atoms with van der Waals surface area (Å²) in [6.45, 7) is 0. The molecule has 0 unspecified atom stereocenters. The van der Waals surface area contributed by atoms with Gasteiger partial charge in [0.25, 0.3) is 0 Å². The molecule has 0 aliphatic carbocycles. The number of nitro groups is 1. The van der Waals surface area contributed by atoms with Gasteiger partial charge in [0.1, 0.15) is 16.8 Å². The van der Waals surface area contributed by atoms with E-state index < -0.39 is 4.92 Å². The predicted octanol–water partition coefficient (Wildman–Crippen LogP) is 1.64. The summed E-state index contributed by atoms with van der Waals surface area (Å²) < 4.78 is 4.73. The Hall–Kier alpha value is -2.24. The molecule has 0 N–H and O–H groups in total. The molecular weight excluding hydrogens is 186 g/mol. The van der Waals surface area contributed by atoms with Gasteiger partial charge in [-0.3, -0.25) is 10.1 Å². The van der Waals surface area contributed by atoms with Gasteiger partial charge in [0.15, 0.2) is 0 Å². The Morgan fingerprint density at radius 3 is 2.71 bits per heavy atom. The van der Waals surface area contributed by atoms with Crippen molar-refractivity contribution in [2.75, 3.05) is 0 Å². The van der Waals surface area contributed by atoms with E-state index in [4.69, 9.17) is 4.42 Å². The zero-order valence-corrected chi connectivity index (χ0v) is 6.95. The van der Waals surface area contributed by atoms with Gasteiger partial charge in [0, 0.05) is 18.0 Å². The lowest BCUT2D eigenvalue weighted by atomic mass is 10.2. The summed E-state index contributed by atoms with van der Waals surface area (Å²) in [7, 11) is 0. The maximum atomic E-state index is 10.5. The van der Waals surface area contributed by atoms with Gasteiger partial charge in [0.05, 0.1) is 6.26 Å². The minimum atomic E-state index is -0.581. The zero-order chi connectivity index (χ0) is 9.97. The molecule has 0 radical (unpaired) electrons. The van der Waals surface area contributed by atoms with Crippen LogP contribution in [0.3, 0.4) is 0 Å². The van der Waals surface area contributed by atoms with Crippen molar-refractivity contribution in [3.05, 3.63) is 41.2 Å². The van der Waals surface area contributed by atoms with Crippen LogP contribution in [0.5, 0.6) is 0 Å². The van der Waals surface area contributed by atoms with Gasteiger partial charge in [-0.25, -0.2) is 9.97 Å². The van der Waals surface area contributed by atoms with Crippen molar-refractivity contribution in [1.29, 1.82) is 0 Å². The molecule has 2 aromatic heterocycles. The standard InChI is InChI=1S/C8H5N3O3/c12-11(13)8-7(1-2-14-8)6-3-9-5-10-4-6/h1-5H. The molecule has 14 heavy (non-hydrogen) atoms. The lowest BCUT2D eigenvalue weighted by Crippen LogP contribution is -1.88. The van der Waals surface area contributed by atoms with E-state index in [9.17, 15) is 10.1 Å². The minimum absolute atomic E-state index is 0.292. The number of aromatic nitrogens is 2. The van der Waals surface area contributed by atoms with E-state index in [0.717, 1.165) is 0 Å². The first-order valence-corrected chi connectivity index (χ1v) is 3.76. The highest BCUT2D eigenvalue weighted by atomic mass is 16.6. The molecule has 6 nitrogen and oxygen atoms in total. The fourth-order valence-electron chi connectivity index (χ4n) is 1.10. The number of rotatable bonds is 2. The number of furan rings is 1. The second-order valence-corrected chi connectivity index (χ2v) is 2.52. The highest BCUT2D eigenvalue weighted by Gasteiger charge is 2.19. The lowest BCUT2D eigenvalue weighted by Gasteiger charge is -1.93. The summed E-state index contributed by atoms with van der Waals surface area (Å²) in [6.07, 6.45) is 5.60. The molecule has 0 aliphatic rings. The zero-order valence-electron chi connectivity index (χ0n) is 6.95. The van der Waals surface area contributed by atoms with Crippen LogP contribution in [-0.4, -0.2) is 14.9 Å². The van der Waals surface area contributed by atoms with Crippen LogP contribution in [0, 0.1) is 10.1 Å². The van der Waals surface area contributed by atoms with Crippen molar-refractivity contribution in [2.45, 2.75) is 0 Å². The van der Waals surface area contributed by atoms with Crippen molar-refractivity contribution in [2.24, 2.45) is 0 Å². The van der Waals surface area contributed by atoms with Crippen molar-refractivity contribution in [3.8, 4) is 11.1 Å². The Balaban J connectivity index is 2.52. The molecule has 0 atom stereocenters. The summed E-state index contributed by atoms with van der Waals surface area (Å²) >= 11 is 0. The molecule has 2 aromatic rings. The van der Waals surface area contributed by atoms with Gasteiger partial charge < -0.3 is 4.42 Å². The summed E-state index contributed by atoms with van der Waals surface area (Å²) in [6, 6.07) is 1.51. The van der Waals surface area contributed by atoms with E-state index in [-0.39, 0.29) is 5.88 Å². The number of nitrogens with zero attached hydrogens (tertiary/aromatic N) is 3. The first kappa shape index (κ1) is 8.36. The Morgan fingerprint density at radius 2 is 2.07 bits per heavy atom. The Kier molecular flexibility index (Phi) is 1.94. The Morgan fingerprint density at radius 1 is 1.36 bits per heavy atom. The summed E-state index contributed by atoms with van der Waals surface area (Å²) in [5, 5.41) is 10.5. The molecule has 2 heterocycles. The highest BCUT2D eigenvalue weighted by Crippen LogP contribution is 2.29. The molecule has 0 saturated carbocycles. The van der Waals surface area contributed by atoms with E-state index in [1.165, 1.54) is 31.1 Å². The normalized spacial score (nSPS) is 10.0. The summed E-state index contributed by atoms with van der Waals surface area (Å²) in [4.78, 5) is 17.5. The fourth-order valence-corrected chi connectivity index (χ4v) is 1.10. The van der Waals surface area contributed by atoms with E-state index in [2.05, 4.69) is 9.97 Å². The summed E-state index contributed by atoms with van der Waals surface area (Å²) in [5.41, 5.74) is 0.948. The van der Waals surface area contributed by atoms with Gasteiger partial charge in [-0.2, -0.15) is 0 Å². The fraction of sp³-hybridized carbons (Fsp3) is 0. The molecule has 70 valence electrons. The largest absolute Gasteiger partial charge is 0.440 e. The number of hydrogen-bond donors (Lipinski definition) is 0. The summed E-state index contributed by atoms with van der Waals surface area (Å²) in [5.74, 6) is -0.292. The third-order valence-corrected chi connectivity index (χ3v) is 1.68. The second kappa shape index (κ2) is 3.25. The van der Waals surface area contributed by atoms with Gasteiger partial charge in [0.2, 0.25) is 0 Å². The molecule has 0 aliphatic heterocycles. The van der Waals surface area contributed by atoms with Crippen LogP contribution in [0.15, 0.2) is 35.5 Å². The third kappa shape index (κ3) is 1.33. The van der Waals surface area contributed by atoms with Crippen molar-refractivity contribution in [1.82, 2.24) is 9.97 Å². The van der Waals surface area contributed by atoms with E-state index >= 15 is 0 Å². The van der Waals surface area contributed by atoms with Crippen molar-refractivity contribution >= 4 is 5.88 Å². The maximum absolute atomic E-state index is 10.5. The van der Waals surface area contributed by atoms with Gasteiger partial charge in [-0.1, -0.05) is 0 Å². The molecule has 0 bridgehead atoms. The molecule has 0 amide bonds. The van der Waals surface area contributed by atoms with Gasteiger partial charge in [-0.05, 0) is 6.07 Å². The average molecular weight is 191 g/mol. The van der Waals surface area contributed by atoms with Crippen LogP contribution >= 0.6 is 0 Å². The van der Waals surface area contributed by atoms with Crippen LogP contribution < -0.4 is 0 Å². The number of hydrogen-bond acceptors (Lipinski definition) is 5. The highest BCUT2D eigenvalue weighted by molar-refractivity contribution is 5.68. The Labute approximate surface area is 78.4 Å². The predicted molar refractivity (Wildman–Crippen MR) is 46.4 cm³/mol. The average Bonchev–Trinajstić information content (AvgIpc) is 2.67. The quantitative estimate of drug-likeness (QED) is 0.532.